The highest BCUT2D eigenvalue weighted by atomic mass is 79.9. The molecule has 1 atom stereocenters. The van der Waals surface area contributed by atoms with Crippen LogP contribution in [-0.2, 0) is 4.79 Å². The Hall–Kier alpha value is -0.650. The molecule has 1 heterocycles. The number of hydrogen-bond donors (Lipinski definition) is 2. The first-order valence-corrected chi connectivity index (χ1v) is 6.43. The summed E-state index contributed by atoms with van der Waals surface area (Å²) in [6.45, 7) is 0.977. The normalized spacial score (nSPS) is 18.2. The van der Waals surface area contributed by atoms with Crippen molar-refractivity contribution in [1.29, 1.82) is 0 Å². The number of benzene rings is 1. The van der Waals surface area contributed by atoms with Gasteiger partial charge in [-0.15, -0.1) is 12.4 Å². The number of carbonyl (C=O) groups is 1. The maximum atomic E-state index is 13.2. The van der Waals surface area contributed by atoms with Crippen LogP contribution in [0.5, 0.6) is 0 Å². The first-order chi connectivity index (χ1) is 8.15. The standard InChI is InChI=1S/C12H14BrFN2O.ClH/c13-10-4-3-9(6-11(10)14)16-12(17)7-8-2-1-5-15-8;/h3-4,6,8,15H,1-2,5,7H2,(H,16,17);1H. The Balaban J connectivity index is 0.00000162. The van der Waals surface area contributed by atoms with Gasteiger partial charge >= 0.3 is 0 Å². The molecule has 0 aromatic heterocycles. The van der Waals surface area contributed by atoms with Crippen LogP contribution in [0, 0.1) is 5.82 Å². The van der Waals surface area contributed by atoms with Crippen LogP contribution >= 0.6 is 28.3 Å². The fraction of sp³-hybridized carbons (Fsp3) is 0.417. The van der Waals surface area contributed by atoms with Crippen LogP contribution in [0.1, 0.15) is 19.3 Å². The lowest BCUT2D eigenvalue weighted by molar-refractivity contribution is -0.116. The lowest BCUT2D eigenvalue weighted by Gasteiger charge is -2.10. The zero-order valence-corrected chi connectivity index (χ0v) is 12.1. The van der Waals surface area contributed by atoms with Crippen molar-refractivity contribution in [2.24, 2.45) is 0 Å². The van der Waals surface area contributed by atoms with E-state index < -0.39 is 0 Å². The van der Waals surface area contributed by atoms with Gasteiger partial charge in [-0.1, -0.05) is 0 Å². The van der Waals surface area contributed by atoms with Gasteiger partial charge < -0.3 is 10.6 Å². The fourth-order valence-electron chi connectivity index (χ4n) is 1.94. The maximum absolute atomic E-state index is 13.2. The molecule has 0 saturated carbocycles. The van der Waals surface area contributed by atoms with Gasteiger partial charge in [-0.2, -0.15) is 0 Å². The van der Waals surface area contributed by atoms with E-state index in [0.717, 1.165) is 19.4 Å². The van der Waals surface area contributed by atoms with Gasteiger partial charge in [0.05, 0.1) is 4.47 Å². The number of halogens is 3. The molecule has 6 heteroatoms. The van der Waals surface area contributed by atoms with E-state index in [1.807, 2.05) is 0 Å². The zero-order valence-electron chi connectivity index (χ0n) is 9.71. The van der Waals surface area contributed by atoms with E-state index in [2.05, 4.69) is 26.6 Å². The molecule has 1 saturated heterocycles. The van der Waals surface area contributed by atoms with Gasteiger partial charge in [-0.25, -0.2) is 4.39 Å². The van der Waals surface area contributed by atoms with Gasteiger partial charge in [0.15, 0.2) is 0 Å². The van der Waals surface area contributed by atoms with Crippen LogP contribution in [0.25, 0.3) is 0 Å². The summed E-state index contributed by atoms with van der Waals surface area (Å²) in [4.78, 5) is 11.7. The van der Waals surface area contributed by atoms with E-state index in [1.54, 1.807) is 12.1 Å². The quantitative estimate of drug-likeness (QED) is 0.890. The Kier molecular flexibility index (Phi) is 6.05. The molecule has 1 fully saturated rings. The summed E-state index contributed by atoms with van der Waals surface area (Å²) in [5.74, 6) is -0.451. The molecule has 18 heavy (non-hydrogen) atoms. The van der Waals surface area contributed by atoms with Gasteiger partial charge in [0.2, 0.25) is 5.91 Å². The first kappa shape index (κ1) is 15.4. The maximum Gasteiger partial charge on any atom is 0.225 e. The van der Waals surface area contributed by atoms with Crippen molar-refractivity contribution in [3.8, 4) is 0 Å². The van der Waals surface area contributed by atoms with Crippen molar-refractivity contribution >= 4 is 39.9 Å². The minimum absolute atomic E-state index is 0. The Morgan fingerprint density at radius 1 is 1.56 bits per heavy atom. The second-order valence-electron chi connectivity index (χ2n) is 4.17. The average molecular weight is 338 g/mol. The van der Waals surface area contributed by atoms with E-state index >= 15 is 0 Å². The molecule has 3 nitrogen and oxygen atoms in total. The summed E-state index contributed by atoms with van der Waals surface area (Å²) < 4.78 is 13.6. The highest BCUT2D eigenvalue weighted by Gasteiger charge is 2.17. The van der Waals surface area contributed by atoms with E-state index in [-0.39, 0.29) is 30.2 Å². The molecule has 0 bridgehead atoms. The predicted molar refractivity (Wildman–Crippen MR) is 75.6 cm³/mol. The van der Waals surface area contributed by atoms with E-state index in [1.165, 1.54) is 6.07 Å². The van der Waals surface area contributed by atoms with Crippen molar-refractivity contribution in [3.05, 3.63) is 28.5 Å². The van der Waals surface area contributed by atoms with Crippen LogP contribution in [0.3, 0.4) is 0 Å². The summed E-state index contributed by atoms with van der Waals surface area (Å²) >= 11 is 3.07. The number of amides is 1. The van der Waals surface area contributed by atoms with Gasteiger partial charge in [-0.05, 0) is 53.5 Å². The molecule has 2 rings (SSSR count). The van der Waals surface area contributed by atoms with E-state index in [4.69, 9.17) is 0 Å². The molecule has 1 unspecified atom stereocenters. The third-order valence-electron chi connectivity index (χ3n) is 2.80. The van der Waals surface area contributed by atoms with E-state index in [9.17, 15) is 9.18 Å². The summed E-state index contributed by atoms with van der Waals surface area (Å²) in [5, 5.41) is 5.95. The Morgan fingerprint density at radius 3 is 2.94 bits per heavy atom. The summed E-state index contributed by atoms with van der Waals surface area (Å²) in [5.41, 5.74) is 0.494. The van der Waals surface area contributed by atoms with Crippen molar-refractivity contribution in [2.45, 2.75) is 25.3 Å². The minimum Gasteiger partial charge on any atom is -0.326 e. The van der Waals surface area contributed by atoms with Gasteiger partial charge in [0.25, 0.3) is 0 Å². The average Bonchev–Trinajstić information content (AvgIpc) is 2.76. The van der Waals surface area contributed by atoms with Crippen molar-refractivity contribution < 1.29 is 9.18 Å². The van der Waals surface area contributed by atoms with Crippen LogP contribution in [0.15, 0.2) is 22.7 Å². The van der Waals surface area contributed by atoms with Crippen LogP contribution in [-0.4, -0.2) is 18.5 Å². The molecule has 100 valence electrons. The number of carbonyl (C=O) groups excluding carboxylic acids is 1. The molecule has 1 aromatic carbocycles. The molecular formula is C12H15BrClFN2O. The zero-order chi connectivity index (χ0) is 12.3. The molecule has 0 aliphatic carbocycles. The predicted octanol–water partition coefficient (Wildman–Crippen LogP) is 3.09. The molecule has 1 aliphatic rings. The van der Waals surface area contributed by atoms with Crippen molar-refractivity contribution in [2.75, 3.05) is 11.9 Å². The Bertz CT molecular complexity index is 425. The van der Waals surface area contributed by atoms with Gasteiger partial charge in [-0.3, -0.25) is 4.79 Å². The highest BCUT2D eigenvalue weighted by molar-refractivity contribution is 9.10. The Morgan fingerprint density at radius 2 is 2.33 bits per heavy atom. The SMILES string of the molecule is Cl.O=C(CC1CCCN1)Nc1ccc(Br)c(F)c1. The van der Waals surface area contributed by atoms with Gasteiger partial charge in [0, 0.05) is 18.2 Å². The van der Waals surface area contributed by atoms with Gasteiger partial charge in [0.1, 0.15) is 5.82 Å². The number of hydrogen-bond acceptors (Lipinski definition) is 2. The molecular weight excluding hydrogens is 322 g/mol. The second-order valence-corrected chi connectivity index (χ2v) is 5.03. The van der Waals surface area contributed by atoms with Crippen LogP contribution < -0.4 is 10.6 Å². The lowest BCUT2D eigenvalue weighted by Crippen LogP contribution is -2.27. The Labute approximate surface area is 120 Å². The summed E-state index contributed by atoms with van der Waals surface area (Å²) in [6, 6.07) is 4.82. The molecule has 1 amide bonds. The molecule has 1 aliphatic heterocycles. The second kappa shape index (κ2) is 7.07. The number of rotatable bonds is 3. The number of nitrogens with one attached hydrogen (secondary N) is 2. The molecule has 2 N–H and O–H groups in total. The smallest absolute Gasteiger partial charge is 0.225 e. The van der Waals surface area contributed by atoms with E-state index in [0.29, 0.717) is 16.6 Å². The molecule has 0 spiro atoms. The van der Waals surface area contributed by atoms with Crippen LogP contribution in [0.4, 0.5) is 10.1 Å². The van der Waals surface area contributed by atoms with Crippen molar-refractivity contribution in [3.63, 3.8) is 0 Å². The monoisotopic (exact) mass is 336 g/mol. The third-order valence-corrected chi connectivity index (χ3v) is 3.44. The fourth-order valence-corrected chi connectivity index (χ4v) is 2.19. The molecule has 0 radical (unpaired) electrons. The van der Waals surface area contributed by atoms with Crippen molar-refractivity contribution in [1.82, 2.24) is 5.32 Å². The van der Waals surface area contributed by atoms with Crippen LogP contribution in [0.2, 0.25) is 0 Å². The highest BCUT2D eigenvalue weighted by Crippen LogP contribution is 2.19. The minimum atomic E-state index is -0.373. The first-order valence-electron chi connectivity index (χ1n) is 5.63. The largest absolute Gasteiger partial charge is 0.326 e. The molecule has 1 aromatic rings. The lowest BCUT2D eigenvalue weighted by atomic mass is 10.1. The topological polar surface area (TPSA) is 41.1 Å². The third kappa shape index (κ3) is 4.23. The number of anilines is 1. The summed E-state index contributed by atoms with van der Waals surface area (Å²) in [6.07, 6.45) is 2.59. The summed E-state index contributed by atoms with van der Waals surface area (Å²) in [7, 11) is 0.